The van der Waals surface area contributed by atoms with Crippen LogP contribution in [0.2, 0.25) is 0 Å². The molecule has 0 amide bonds. The molecule has 0 saturated carbocycles. The lowest BCUT2D eigenvalue weighted by molar-refractivity contribution is 0.803. The molecule has 0 spiro atoms. The van der Waals surface area contributed by atoms with E-state index in [4.69, 9.17) is 0 Å². The molecular formula is C13H13N3S. The van der Waals surface area contributed by atoms with Gasteiger partial charge in [0, 0.05) is 5.38 Å². The zero-order chi connectivity index (χ0) is 11.8. The second-order valence-electron chi connectivity index (χ2n) is 4.28. The number of aryl methyl sites for hydroxylation is 2. The number of imidazole rings is 1. The molecule has 0 unspecified atom stereocenters. The van der Waals surface area contributed by atoms with Gasteiger partial charge in [-0.2, -0.15) is 0 Å². The van der Waals surface area contributed by atoms with Crippen LogP contribution in [-0.2, 0) is 6.54 Å². The van der Waals surface area contributed by atoms with E-state index >= 15 is 0 Å². The van der Waals surface area contributed by atoms with Crippen LogP contribution >= 0.6 is 11.3 Å². The van der Waals surface area contributed by atoms with E-state index in [9.17, 15) is 0 Å². The third kappa shape index (κ3) is 1.85. The molecule has 0 aliphatic carbocycles. The highest BCUT2D eigenvalue weighted by Crippen LogP contribution is 2.19. The fourth-order valence-corrected chi connectivity index (χ4v) is 2.48. The minimum atomic E-state index is 0.794. The number of benzene rings is 1. The van der Waals surface area contributed by atoms with Crippen molar-refractivity contribution in [1.29, 1.82) is 0 Å². The Morgan fingerprint density at radius 3 is 2.76 bits per heavy atom. The number of hydrogen-bond acceptors (Lipinski definition) is 3. The molecule has 2 aromatic heterocycles. The van der Waals surface area contributed by atoms with Gasteiger partial charge in [0.1, 0.15) is 0 Å². The number of hydrogen-bond donors (Lipinski definition) is 0. The Kier molecular flexibility index (Phi) is 2.44. The maximum Gasteiger partial charge on any atom is 0.0962 e. The summed E-state index contributed by atoms with van der Waals surface area (Å²) in [7, 11) is 0. The van der Waals surface area contributed by atoms with Crippen molar-refractivity contribution >= 4 is 22.4 Å². The Labute approximate surface area is 104 Å². The van der Waals surface area contributed by atoms with Crippen molar-refractivity contribution in [2.45, 2.75) is 20.4 Å². The molecule has 0 fully saturated rings. The fourth-order valence-electron chi connectivity index (χ4n) is 1.93. The minimum Gasteiger partial charge on any atom is -0.324 e. The molecule has 0 aliphatic rings. The van der Waals surface area contributed by atoms with Crippen LogP contribution in [0.4, 0.5) is 0 Å². The van der Waals surface area contributed by atoms with Crippen molar-refractivity contribution in [1.82, 2.24) is 14.5 Å². The summed E-state index contributed by atoms with van der Waals surface area (Å²) < 4.78 is 2.15. The van der Waals surface area contributed by atoms with E-state index in [0.29, 0.717) is 0 Å². The lowest BCUT2D eigenvalue weighted by atomic mass is 10.1. The smallest absolute Gasteiger partial charge is 0.0962 e. The molecule has 86 valence electrons. The Balaban J connectivity index is 2.08. The molecule has 0 aliphatic heterocycles. The van der Waals surface area contributed by atoms with Gasteiger partial charge < -0.3 is 4.57 Å². The Bertz CT molecular complexity index is 653. The molecule has 0 radical (unpaired) electrons. The van der Waals surface area contributed by atoms with Gasteiger partial charge >= 0.3 is 0 Å². The number of rotatable bonds is 2. The van der Waals surface area contributed by atoms with Gasteiger partial charge in [0.05, 0.1) is 35.1 Å². The number of thiazole rings is 1. The number of nitrogens with zero attached hydrogens (tertiary/aromatic N) is 3. The first-order chi connectivity index (χ1) is 8.24. The van der Waals surface area contributed by atoms with Gasteiger partial charge in [-0.3, -0.25) is 0 Å². The van der Waals surface area contributed by atoms with Gasteiger partial charge in [-0.15, -0.1) is 11.3 Å². The van der Waals surface area contributed by atoms with Crippen molar-refractivity contribution in [3.8, 4) is 0 Å². The summed E-state index contributed by atoms with van der Waals surface area (Å²) in [4.78, 5) is 8.75. The summed E-state index contributed by atoms with van der Waals surface area (Å²) in [5.41, 5.74) is 7.79. The Morgan fingerprint density at radius 2 is 2.00 bits per heavy atom. The van der Waals surface area contributed by atoms with E-state index in [1.54, 1.807) is 11.3 Å². The molecule has 3 rings (SSSR count). The summed E-state index contributed by atoms with van der Waals surface area (Å²) in [5.74, 6) is 0. The molecule has 0 N–H and O–H groups in total. The molecule has 17 heavy (non-hydrogen) atoms. The predicted octanol–water partition coefficient (Wildman–Crippen LogP) is 3.16. The van der Waals surface area contributed by atoms with Crippen LogP contribution in [0.3, 0.4) is 0 Å². The highest BCUT2D eigenvalue weighted by atomic mass is 32.1. The number of fused-ring (bicyclic) bond motifs is 1. The second-order valence-corrected chi connectivity index (χ2v) is 5.00. The zero-order valence-electron chi connectivity index (χ0n) is 9.84. The maximum atomic E-state index is 4.44. The average Bonchev–Trinajstić information content (AvgIpc) is 2.92. The normalized spacial score (nSPS) is 11.2. The quantitative estimate of drug-likeness (QED) is 0.692. The lowest BCUT2D eigenvalue weighted by Gasteiger charge is -2.04. The Hall–Kier alpha value is -1.68. The van der Waals surface area contributed by atoms with Gasteiger partial charge in [0.25, 0.3) is 0 Å². The molecule has 0 atom stereocenters. The van der Waals surface area contributed by atoms with Crippen LogP contribution < -0.4 is 0 Å². The van der Waals surface area contributed by atoms with Gasteiger partial charge in [0.15, 0.2) is 0 Å². The molecule has 4 heteroatoms. The first-order valence-electron chi connectivity index (χ1n) is 5.53. The highest BCUT2D eigenvalue weighted by molar-refractivity contribution is 7.07. The first kappa shape index (κ1) is 10.5. The van der Waals surface area contributed by atoms with E-state index in [0.717, 1.165) is 17.8 Å². The molecule has 1 aromatic carbocycles. The molecule has 3 nitrogen and oxygen atoms in total. The predicted molar refractivity (Wildman–Crippen MR) is 70.4 cm³/mol. The zero-order valence-corrected chi connectivity index (χ0v) is 10.7. The molecule has 3 aromatic rings. The van der Waals surface area contributed by atoms with E-state index in [1.807, 2.05) is 11.8 Å². The largest absolute Gasteiger partial charge is 0.324 e. The van der Waals surface area contributed by atoms with Gasteiger partial charge in [-0.05, 0) is 37.1 Å². The fraction of sp³-hybridized carbons (Fsp3) is 0.231. The third-order valence-corrected chi connectivity index (χ3v) is 3.69. The van der Waals surface area contributed by atoms with E-state index < -0.39 is 0 Å². The van der Waals surface area contributed by atoms with Crippen LogP contribution in [0.15, 0.2) is 29.4 Å². The van der Waals surface area contributed by atoms with Crippen molar-refractivity contribution < 1.29 is 0 Å². The summed E-state index contributed by atoms with van der Waals surface area (Å²) in [6, 6.07) is 4.34. The van der Waals surface area contributed by atoms with Crippen molar-refractivity contribution in [3.63, 3.8) is 0 Å². The number of aromatic nitrogens is 3. The average molecular weight is 243 g/mol. The van der Waals surface area contributed by atoms with Gasteiger partial charge in [-0.25, -0.2) is 9.97 Å². The Morgan fingerprint density at radius 1 is 1.18 bits per heavy atom. The SMILES string of the molecule is Cc1cc2ncn(Cc3cscn3)c2cc1C. The first-order valence-corrected chi connectivity index (χ1v) is 6.47. The van der Waals surface area contributed by atoms with E-state index in [-0.39, 0.29) is 0 Å². The minimum absolute atomic E-state index is 0.794. The van der Waals surface area contributed by atoms with E-state index in [2.05, 4.69) is 45.9 Å². The molecule has 0 saturated heterocycles. The van der Waals surface area contributed by atoms with Crippen molar-refractivity contribution in [3.05, 3.63) is 46.2 Å². The van der Waals surface area contributed by atoms with E-state index in [1.165, 1.54) is 16.6 Å². The highest BCUT2D eigenvalue weighted by Gasteiger charge is 2.06. The topological polar surface area (TPSA) is 30.7 Å². The summed E-state index contributed by atoms with van der Waals surface area (Å²) in [5, 5.41) is 2.08. The summed E-state index contributed by atoms with van der Waals surface area (Å²) in [6.07, 6.45) is 1.89. The third-order valence-electron chi connectivity index (χ3n) is 3.05. The van der Waals surface area contributed by atoms with Crippen LogP contribution in [0.5, 0.6) is 0 Å². The lowest BCUT2D eigenvalue weighted by Crippen LogP contribution is -1.98. The molecule has 2 heterocycles. The van der Waals surface area contributed by atoms with Crippen molar-refractivity contribution in [2.75, 3.05) is 0 Å². The monoisotopic (exact) mass is 243 g/mol. The maximum absolute atomic E-state index is 4.44. The summed E-state index contributed by atoms with van der Waals surface area (Å²) >= 11 is 1.63. The molecular weight excluding hydrogens is 230 g/mol. The standard InChI is InChI=1S/C13H13N3S/c1-9-3-12-13(4-10(9)2)16(7-14-12)5-11-6-17-8-15-11/h3-4,6-8H,5H2,1-2H3. The van der Waals surface area contributed by atoms with Crippen LogP contribution in [0.1, 0.15) is 16.8 Å². The van der Waals surface area contributed by atoms with Crippen molar-refractivity contribution in [2.24, 2.45) is 0 Å². The van der Waals surface area contributed by atoms with Crippen LogP contribution in [0, 0.1) is 13.8 Å². The van der Waals surface area contributed by atoms with Gasteiger partial charge in [-0.1, -0.05) is 0 Å². The second kappa shape index (κ2) is 3.96. The van der Waals surface area contributed by atoms with Crippen LogP contribution in [0.25, 0.3) is 11.0 Å². The van der Waals surface area contributed by atoms with Gasteiger partial charge in [0.2, 0.25) is 0 Å². The summed E-state index contributed by atoms with van der Waals surface area (Å²) in [6.45, 7) is 5.05. The van der Waals surface area contributed by atoms with Crippen LogP contribution in [-0.4, -0.2) is 14.5 Å². The molecule has 0 bridgehead atoms.